The first kappa shape index (κ1) is 10.5. The average molecular weight is 209 g/mol. The lowest BCUT2D eigenvalue weighted by Gasteiger charge is -2.28. The Labute approximate surface area is 90.3 Å². The molecule has 0 saturated heterocycles. The zero-order valence-electron chi connectivity index (χ0n) is 9.45. The first-order valence-electron chi connectivity index (χ1n) is 5.63. The fraction of sp³-hybridized carbons (Fsp3) is 0.727. The maximum atomic E-state index is 8.96. The molecule has 1 aliphatic rings. The van der Waals surface area contributed by atoms with Gasteiger partial charge in [0.2, 0.25) is 0 Å². The summed E-state index contributed by atoms with van der Waals surface area (Å²) in [4.78, 5) is 0. The summed E-state index contributed by atoms with van der Waals surface area (Å²) in [6, 6.07) is 0.609. The Hall–Kier alpha value is -1.03. The third-order valence-electron chi connectivity index (χ3n) is 3.18. The number of rotatable bonds is 4. The lowest BCUT2D eigenvalue weighted by molar-refractivity contribution is 0.269. The van der Waals surface area contributed by atoms with Gasteiger partial charge in [0.25, 0.3) is 0 Å². The van der Waals surface area contributed by atoms with E-state index in [4.69, 9.17) is 5.11 Å². The number of hydrogen-bond donors (Lipinski definition) is 2. The minimum absolute atomic E-state index is 0.139. The molecule has 2 rings (SSSR count). The molecule has 15 heavy (non-hydrogen) atoms. The molecule has 0 radical (unpaired) electrons. The summed E-state index contributed by atoms with van der Waals surface area (Å²) in [6.07, 6.45) is 3.83. The van der Waals surface area contributed by atoms with Crippen molar-refractivity contribution < 1.29 is 5.11 Å². The van der Waals surface area contributed by atoms with Crippen LogP contribution in [0.15, 0.2) is 0 Å². The molecule has 0 amide bonds. The van der Waals surface area contributed by atoms with Crippen LogP contribution in [-0.4, -0.2) is 27.5 Å². The molecule has 4 heteroatoms. The van der Waals surface area contributed by atoms with Crippen LogP contribution in [0, 0.1) is 13.8 Å². The van der Waals surface area contributed by atoms with Crippen LogP contribution in [-0.2, 0) is 6.54 Å². The zero-order valence-corrected chi connectivity index (χ0v) is 9.45. The van der Waals surface area contributed by atoms with Crippen LogP contribution < -0.4 is 5.32 Å². The molecule has 1 saturated carbocycles. The molecule has 1 aromatic heterocycles. The van der Waals surface area contributed by atoms with E-state index < -0.39 is 0 Å². The quantitative estimate of drug-likeness (QED) is 0.789. The van der Waals surface area contributed by atoms with Crippen LogP contribution >= 0.6 is 0 Å². The van der Waals surface area contributed by atoms with Gasteiger partial charge >= 0.3 is 0 Å². The van der Waals surface area contributed by atoms with Gasteiger partial charge in [-0.15, -0.1) is 0 Å². The van der Waals surface area contributed by atoms with Crippen molar-refractivity contribution in [3.05, 3.63) is 11.3 Å². The van der Waals surface area contributed by atoms with Crippen molar-refractivity contribution in [1.82, 2.24) is 9.78 Å². The van der Waals surface area contributed by atoms with E-state index in [-0.39, 0.29) is 6.61 Å². The molecule has 84 valence electrons. The van der Waals surface area contributed by atoms with Crippen LogP contribution in [0.25, 0.3) is 0 Å². The molecule has 4 nitrogen and oxygen atoms in total. The normalized spacial score (nSPS) is 16.5. The number of aromatic nitrogens is 2. The van der Waals surface area contributed by atoms with E-state index >= 15 is 0 Å². The molecular weight excluding hydrogens is 190 g/mol. The third kappa shape index (κ3) is 2.00. The van der Waals surface area contributed by atoms with Gasteiger partial charge < -0.3 is 10.4 Å². The number of anilines is 1. The third-order valence-corrected chi connectivity index (χ3v) is 3.18. The lowest BCUT2D eigenvalue weighted by atomic mass is 9.93. The minimum atomic E-state index is 0.139. The first-order valence-corrected chi connectivity index (χ1v) is 5.63. The summed E-state index contributed by atoms with van der Waals surface area (Å²) in [5.74, 6) is 1.09. The zero-order chi connectivity index (χ0) is 10.8. The second-order valence-corrected chi connectivity index (χ2v) is 4.28. The van der Waals surface area contributed by atoms with Gasteiger partial charge in [0.1, 0.15) is 5.82 Å². The number of aliphatic hydroxyl groups is 1. The Morgan fingerprint density at radius 2 is 2.20 bits per heavy atom. The van der Waals surface area contributed by atoms with E-state index in [0.29, 0.717) is 12.6 Å². The van der Waals surface area contributed by atoms with E-state index in [2.05, 4.69) is 17.3 Å². The highest BCUT2D eigenvalue weighted by atomic mass is 16.3. The fourth-order valence-electron chi connectivity index (χ4n) is 1.86. The molecule has 0 aromatic carbocycles. The van der Waals surface area contributed by atoms with E-state index in [0.717, 1.165) is 11.5 Å². The van der Waals surface area contributed by atoms with Crippen LogP contribution in [0.1, 0.15) is 30.5 Å². The Bertz CT molecular complexity index is 342. The first-order chi connectivity index (χ1) is 7.22. The molecule has 0 bridgehead atoms. The van der Waals surface area contributed by atoms with Crippen molar-refractivity contribution in [2.75, 3.05) is 11.9 Å². The van der Waals surface area contributed by atoms with Gasteiger partial charge in [0.15, 0.2) is 0 Å². The summed E-state index contributed by atoms with van der Waals surface area (Å²) in [6.45, 7) is 4.80. The summed E-state index contributed by atoms with van der Waals surface area (Å²) in [5, 5.41) is 16.9. The number of nitrogens with zero attached hydrogens (tertiary/aromatic N) is 2. The van der Waals surface area contributed by atoms with E-state index in [1.165, 1.54) is 24.8 Å². The van der Waals surface area contributed by atoms with Gasteiger partial charge in [-0.25, -0.2) is 4.68 Å². The van der Waals surface area contributed by atoms with Crippen molar-refractivity contribution in [1.29, 1.82) is 0 Å². The molecule has 0 spiro atoms. The molecule has 1 fully saturated rings. The summed E-state index contributed by atoms with van der Waals surface area (Å²) in [7, 11) is 0. The van der Waals surface area contributed by atoms with Gasteiger partial charge in [-0.1, -0.05) is 0 Å². The Kier molecular flexibility index (Phi) is 2.95. The topological polar surface area (TPSA) is 50.1 Å². The smallest absolute Gasteiger partial charge is 0.127 e. The molecule has 0 atom stereocenters. The van der Waals surface area contributed by atoms with Gasteiger partial charge in [-0.3, -0.25) is 0 Å². The molecule has 1 heterocycles. The average Bonchev–Trinajstić information content (AvgIpc) is 2.38. The van der Waals surface area contributed by atoms with Crippen molar-refractivity contribution in [3.8, 4) is 0 Å². The summed E-state index contributed by atoms with van der Waals surface area (Å²) in [5.41, 5.74) is 2.25. The van der Waals surface area contributed by atoms with Gasteiger partial charge in [-0.05, 0) is 33.1 Å². The number of hydrogen-bond acceptors (Lipinski definition) is 3. The van der Waals surface area contributed by atoms with Gasteiger partial charge in [-0.2, -0.15) is 5.10 Å². The highest BCUT2D eigenvalue weighted by molar-refractivity contribution is 5.47. The molecule has 1 aliphatic carbocycles. The monoisotopic (exact) mass is 209 g/mol. The summed E-state index contributed by atoms with van der Waals surface area (Å²) >= 11 is 0. The van der Waals surface area contributed by atoms with Crippen molar-refractivity contribution in [2.24, 2.45) is 0 Å². The van der Waals surface area contributed by atoms with Crippen molar-refractivity contribution >= 4 is 5.82 Å². The fourth-order valence-corrected chi connectivity index (χ4v) is 1.86. The lowest BCUT2D eigenvalue weighted by Crippen LogP contribution is -2.29. The molecule has 0 aliphatic heterocycles. The Balaban J connectivity index is 2.17. The van der Waals surface area contributed by atoms with Crippen molar-refractivity contribution in [3.63, 3.8) is 0 Å². The highest BCUT2D eigenvalue weighted by Crippen LogP contribution is 2.26. The highest BCUT2D eigenvalue weighted by Gasteiger charge is 2.20. The van der Waals surface area contributed by atoms with E-state index in [1.54, 1.807) is 0 Å². The molecule has 1 aromatic rings. The van der Waals surface area contributed by atoms with E-state index in [1.807, 2.05) is 11.6 Å². The second kappa shape index (κ2) is 4.23. The number of aliphatic hydroxyl groups excluding tert-OH is 1. The Morgan fingerprint density at radius 1 is 1.47 bits per heavy atom. The van der Waals surface area contributed by atoms with Crippen LogP contribution in [0.5, 0.6) is 0 Å². The Morgan fingerprint density at radius 3 is 2.73 bits per heavy atom. The van der Waals surface area contributed by atoms with Gasteiger partial charge in [0, 0.05) is 11.6 Å². The molecular formula is C11H19N3O. The predicted molar refractivity (Wildman–Crippen MR) is 60.0 cm³/mol. The van der Waals surface area contributed by atoms with Crippen molar-refractivity contribution in [2.45, 2.75) is 45.7 Å². The largest absolute Gasteiger partial charge is 0.394 e. The van der Waals surface area contributed by atoms with Crippen LogP contribution in [0.3, 0.4) is 0 Å². The second-order valence-electron chi connectivity index (χ2n) is 4.28. The SMILES string of the molecule is Cc1nn(CCO)c(NC2CCC2)c1C. The number of nitrogens with one attached hydrogen (secondary N) is 1. The summed E-state index contributed by atoms with van der Waals surface area (Å²) < 4.78 is 1.88. The van der Waals surface area contributed by atoms with Crippen LogP contribution in [0.4, 0.5) is 5.82 Å². The van der Waals surface area contributed by atoms with Gasteiger partial charge in [0.05, 0.1) is 18.8 Å². The number of aryl methyl sites for hydroxylation is 1. The maximum Gasteiger partial charge on any atom is 0.127 e. The minimum Gasteiger partial charge on any atom is -0.394 e. The predicted octanol–water partition coefficient (Wildman–Crippen LogP) is 1.46. The standard InChI is InChI=1S/C11H19N3O/c1-8-9(2)13-14(6-7-15)11(8)12-10-4-3-5-10/h10,12,15H,3-7H2,1-2H3. The molecule has 2 N–H and O–H groups in total. The molecule has 0 unspecified atom stereocenters. The van der Waals surface area contributed by atoms with E-state index in [9.17, 15) is 0 Å². The van der Waals surface area contributed by atoms with Crippen LogP contribution in [0.2, 0.25) is 0 Å². The maximum absolute atomic E-state index is 8.96.